The molecule has 0 N–H and O–H groups in total. The molecule has 0 saturated heterocycles. The van der Waals surface area contributed by atoms with Crippen LogP contribution in [0.5, 0.6) is 0 Å². The van der Waals surface area contributed by atoms with E-state index in [4.69, 9.17) is 0 Å². The van der Waals surface area contributed by atoms with Crippen molar-refractivity contribution in [2.24, 2.45) is 5.92 Å². The molecule has 0 fully saturated rings. The maximum atomic E-state index is 2.37. The van der Waals surface area contributed by atoms with Crippen LogP contribution in [-0.4, -0.2) is 25.0 Å². The van der Waals surface area contributed by atoms with E-state index in [1.54, 1.807) is 5.57 Å². The van der Waals surface area contributed by atoms with E-state index < -0.39 is 0 Å². The summed E-state index contributed by atoms with van der Waals surface area (Å²) in [5, 5.41) is 0. The van der Waals surface area contributed by atoms with Gasteiger partial charge in [-0.05, 0) is 26.9 Å². The van der Waals surface area contributed by atoms with Crippen LogP contribution < -0.4 is 0 Å². The molecule has 2 rings (SSSR count). The Bertz CT molecular complexity index is 213. The zero-order chi connectivity index (χ0) is 7.84. The predicted molar refractivity (Wildman–Crippen MR) is 47.4 cm³/mol. The van der Waals surface area contributed by atoms with Crippen LogP contribution in [0.2, 0.25) is 0 Å². The van der Waals surface area contributed by atoms with Crippen molar-refractivity contribution in [2.45, 2.75) is 18.9 Å². The quantitative estimate of drug-likeness (QED) is 0.514. The molecule has 0 radical (unpaired) electrons. The lowest BCUT2D eigenvalue weighted by atomic mass is 10.1. The van der Waals surface area contributed by atoms with Gasteiger partial charge in [-0.25, -0.2) is 0 Å². The van der Waals surface area contributed by atoms with Crippen molar-refractivity contribution >= 4 is 0 Å². The predicted octanol–water partition coefficient (Wildman–Crippen LogP) is 1.82. The molecule has 60 valence electrons. The largest absolute Gasteiger partial charge is 0.306 e. The average molecular weight is 149 g/mol. The maximum absolute atomic E-state index is 2.37. The van der Waals surface area contributed by atoms with E-state index in [-0.39, 0.29) is 0 Å². The molecule has 2 aliphatic rings. The van der Waals surface area contributed by atoms with Crippen LogP contribution >= 0.6 is 0 Å². The molecule has 0 amide bonds. The molecule has 11 heavy (non-hydrogen) atoms. The Morgan fingerprint density at radius 1 is 1.45 bits per heavy atom. The van der Waals surface area contributed by atoms with Gasteiger partial charge in [0.1, 0.15) is 0 Å². The van der Waals surface area contributed by atoms with Crippen LogP contribution in [0, 0.1) is 5.92 Å². The summed E-state index contributed by atoms with van der Waals surface area (Å²) in [7, 11) is 4.34. The summed E-state index contributed by atoms with van der Waals surface area (Å²) in [5.41, 5.74) is 1.65. The van der Waals surface area contributed by atoms with E-state index in [0.29, 0.717) is 0 Å². The highest BCUT2D eigenvalue weighted by Gasteiger charge is 2.27. The summed E-state index contributed by atoms with van der Waals surface area (Å²) in [6, 6.07) is 0.741. The van der Waals surface area contributed by atoms with E-state index in [1.165, 1.54) is 12.8 Å². The van der Waals surface area contributed by atoms with Crippen molar-refractivity contribution in [1.82, 2.24) is 4.90 Å². The smallest absolute Gasteiger partial charge is 0.0161 e. The first-order valence-corrected chi connectivity index (χ1v) is 4.31. The molecule has 1 heteroatoms. The number of hydrogen-bond donors (Lipinski definition) is 0. The molecule has 0 aromatic heterocycles. The Morgan fingerprint density at radius 2 is 2.27 bits per heavy atom. The summed E-state index contributed by atoms with van der Waals surface area (Å²) >= 11 is 0. The molecule has 2 atom stereocenters. The third kappa shape index (κ3) is 1.38. The summed E-state index contributed by atoms with van der Waals surface area (Å²) < 4.78 is 0. The van der Waals surface area contributed by atoms with Crippen molar-refractivity contribution in [1.29, 1.82) is 0 Å². The fraction of sp³-hybridized carbons (Fsp3) is 0.600. The minimum Gasteiger partial charge on any atom is -0.306 e. The van der Waals surface area contributed by atoms with Gasteiger partial charge in [0.2, 0.25) is 0 Å². The molecule has 0 heterocycles. The second-order valence-electron chi connectivity index (χ2n) is 3.75. The Morgan fingerprint density at radius 3 is 3.00 bits per heavy atom. The normalized spacial score (nSPS) is 34.6. The van der Waals surface area contributed by atoms with Crippen LogP contribution in [0.15, 0.2) is 23.8 Å². The number of rotatable bonds is 1. The summed E-state index contributed by atoms with van der Waals surface area (Å²) in [4.78, 5) is 2.33. The number of fused-ring (bicyclic) bond motifs is 1. The topological polar surface area (TPSA) is 3.24 Å². The highest BCUT2D eigenvalue weighted by atomic mass is 15.1. The van der Waals surface area contributed by atoms with Gasteiger partial charge < -0.3 is 4.90 Å². The van der Waals surface area contributed by atoms with Crippen molar-refractivity contribution < 1.29 is 0 Å². The SMILES string of the molecule is CN(C)C1CC=CC2C=C2C1. The lowest BCUT2D eigenvalue weighted by Gasteiger charge is -2.21. The number of nitrogens with zero attached hydrogens (tertiary/aromatic N) is 1. The van der Waals surface area contributed by atoms with E-state index in [2.05, 4.69) is 37.2 Å². The summed E-state index contributed by atoms with van der Waals surface area (Å²) in [6.45, 7) is 0. The van der Waals surface area contributed by atoms with Crippen molar-refractivity contribution in [2.75, 3.05) is 14.1 Å². The average Bonchev–Trinajstić information content (AvgIpc) is 2.59. The van der Waals surface area contributed by atoms with Crippen LogP contribution in [0.3, 0.4) is 0 Å². The van der Waals surface area contributed by atoms with Gasteiger partial charge in [0.15, 0.2) is 0 Å². The fourth-order valence-corrected chi connectivity index (χ4v) is 1.70. The molecular weight excluding hydrogens is 134 g/mol. The summed E-state index contributed by atoms with van der Waals surface area (Å²) in [6.07, 6.45) is 9.53. The van der Waals surface area contributed by atoms with Crippen molar-refractivity contribution in [3.8, 4) is 0 Å². The van der Waals surface area contributed by atoms with Gasteiger partial charge in [-0.3, -0.25) is 0 Å². The Hall–Kier alpha value is -0.560. The van der Waals surface area contributed by atoms with Gasteiger partial charge >= 0.3 is 0 Å². The van der Waals surface area contributed by atoms with Gasteiger partial charge in [0, 0.05) is 12.0 Å². The number of allylic oxidation sites excluding steroid dienone is 2. The van der Waals surface area contributed by atoms with E-state index >= 15 is 0 Å². The van der Waals surface area contributed by atoms with Crippen LogP contribution in [0.1, 0.15) is 12.8 Å². The summed E-state index contributed by atoms with van der Waals surface area (Å²) in [5.74, 6) is 0.750. The second kappa shape index (κ2) is 2.49. The maximum Gasteiger partial charge on any atom is 0.0161 e. The van der Waals surface area contributed by atoms with Gasteiger partial charge in [-0.2, -0.15) is 0 Å². The van der Waals surface area contributed by atoms with E-state index in [0.717, 1.165) is 12.0 Å². The van der Waals surface area contributed by atoms with Crippen LogP contribution in [0.25, 0.3) is 0 Å². The number of hydrogen-bond acceptors (Lipinski definition) is 1. The second-order valence-corrected chi connectivity index (χ2v) is 3.75. The molecule has 2 unspecified atom stereocenters. The third-order valence-corrected chi connectivity index (χ3v) is 2.67. The molecule has 0 spiro atoms. The van der Waals surface area contributed by atoms with Gasteiger partial charge in [0.25, 0.3) is 0 Å². The van der Waals surface area contributed by atoms with Crippen LogP contribution in [-0.2, 0) is 0 Å². The zero-order valence-electron chi connectivity index (χ0n) is 7.25. The molecule has 0 bridgehead atoms. The lowest BCUT2D eigenvalue weighted by Crippen LogP contribution is -2.26. The molecule has 0 aromatic rings. The van der Waals surface area contributed by atoms with Gasteiger partial charge in [0.05, 0.1) is 0 Å². The minimum absolute atomic E-state index is 0.741. The van der Waals surface area contributed by atoms with Crippen molar-refractivity contribution in [3.63, 3.8) is 0 Å². The van der Waals surface area contributed by atoms with Crippen molar-refractivity contribution in [3.05, 3.63) is 23.8 Å². The molecule has 2 aliphatic carbocycles. The molecule has 0 saturated carbocycles. The molecule has 1 nitrogen and oxygen atoms in total. The van der Waals surface area contributed by atoms with E-state index in [1.807, 2.05) is 0 Å². The Balaban J connectivity index is 2.02. The molecule has 0 aromatic carbocycles. The fourth-order valence-electron chi connectivity index (χ4n) is 1.70. The Labute approximate surface area is 68.4 Å². The lowest BCUT2D eigenvalue weighted by molar-refractivity contribution is 0.295. The third-order valence-electron chi connectivity index (χ3n) is 2.67. The highest BCUT2D eigenvalue weighted by molar-refractivity contribution is 5.37. The van der Waals surface area contributed by atoms with Gasteiger partial charge in [-0.15, -0.1) is 0 Å². The van der Waals surface area contributed by atoms with E-state index in [9.17, 15) is 0 Å². The zero-order valence-corrected chi connectivity index (χ0v) is 7.25. The first-order chi connectivity index (χ1) is 5.27. The minimum atomic E-state index is 0.741. The Kier molecular flexibility index (Phi) is 1.61. The molecule has 0 aliphatic heterocycles. The van der Waals surface area contributed by atoms with Gasteiger partial charge in [-0.1, -0.05) is 23.8 Å². The first-order valence-electron chi connectivity index (χ1n) is 4.31. The molecular formula is C10H15N. The first kappa shape index (κ1) is 7.11. The highest BCUT2D eigenvalue weighted by Crippen LogP contribution is 2.37. The standard InChI is InChI=1S/C10H15N/c1-11(2)10-5-3-4-8-6-9(8)7-10/h3-4,6,8,10H,5,7H2,1-2H3. The monoisotopic (exact) mass is 149 g/mol. The van der Waals surface area contributed by atoms with Crippen LogP contribution in [0.4, 0.5) is 0 Å².